The number of nitrogens with one attached hydrogen (secondary N) is 1. The molecule has 2 aliphatic heterocycles. The van der Waals surface area contributed by atoms with Gasteiger partial charge >= 0.3 is 5.97 Å². The lowest BCUT2D eigenvalue weighted by Crippen LogP contribution is -2.54. The van der Waals surface area contributed by atoms with E-state index in [4.69, 9.17) is 4.74 Å². The fraction of sp³-hybridized carbons (Fsp3) is 0.553. The number of carbonyl (C=O) groups is 2. The maximum absolute atomic E-state index is 14.6. The normalized spacial score (nSPS) is 26.1. The van der Waals surface area contributed by atoms with E-state index in [1.54, 1.807) is 18.2 Å². The van der Waals surface area contributed by atoms with Crippen molar-refractivity contribution >= 4 is 27.4 Å². The van der Waals surface area contributed by atoms with Crippen molar-refractivity contribution in [1.29, 1.82) is 5.26 Å². The van der Waals surface area contributed by atoms with Crippen LogP contribution in [0.5, 0.6) is 0 Å². The predicted molar refractivity (Wildman–Crippen MR) is 185 cm³/mol. The Morgan fingerprint density at radius 1 is 1.10 bits per heavy atom. The molecule has 0 radical (unpaired) electrons. The lowest BCUT2D eigenvalue weighted by molar-refractivity contribution is -0.142. The Morgan fingerprint density at radius 3 is 2.45 bits per heavy atom. The first kappa shape index (κ1) is 35.1. The lowest BCUT2D eigenvalue weighted by atomic mass is 9.58. The van der Waals surface area contributed by atoms with Crippen molar-refractivity contribution < 1.29 is 27.1 Å². The van der Waals surface area contributed by atoms with E-state index in [2.05, 4.69) is 27.8 Å². The quantitative estimate of drug-likeness (QED) is 0.244. The van der Waals surface area contributed by atoms with Gasteiger partial charge in [0.2, 0.25) is 5.91 Å². The van der Waals surface area contributed by atoms with Crippen LogP contribution in [-0.4, -0.2) is 76.3 Å². The van der Waals surface area contributed by atoms with E-state index >= 15 is 0 Å². The molecule has 0 spiro atoms. The number of nitrogens with zero attached hydrogens (tertiary/aromatic N) is 3. The predicted octanol–water partition coefficient (Wildman–Crippen LogP) is 5.02. The first-order valence-corrected chi connectivity index (χ1v) is 19.1. The first-order chi connectivity index (χ1) is 23.6. The molecule has 0 bridgehead atoms. The van der Waals surface area contributed by atoms with Crippen LogP contribution in [0.15, 0.2) is 66.1 Å². The Bertz CT molecular complexity index is 1670. The highest BCUT2D eigenvalue weighted by Gasteiger charge is 2.52. The van der Waals surface area contributed by atoms with E-state index in [0.29, 0.717) is 23.7 Å². The minimum atomic E-state index is -3.45. The summed E-state index contributed by atoms with van der Waals surface area (Å²) in [5, 5.41) is 13.2. The fourth-order valence-electron chi connectivity index (χ4n) is 8.98. The summed E-state index contributed by atoms with van der Waals surface area (Å²) in [6.07, 6.45) is 6.62. The third kappa shape index (κ3) is 7.13. The average molecular weight is 691 g/mol. The van der Waals surface area contributed by atoms with Crippen molar-refractivity contribution in [2.75, 3.05) is 44.7 Å². The molecule has 2 aromatic carbocycles. The number of anilines is 1. The molecule has 49 heavy (non-hydrogen) atoms. The molecule has 4 fully saturated rings. The van der Waals surface area contributed by atoms with Gasteiger partial charge in [0, 0.05) is 43.7 Å². The first-order valence-electron chi connectivity index (χ1n) is 17.6. The van der Waals surface area contributed by atoms with Crippen LogP contribution in [0.1, 0.15) is 56.9 Å². The van der Waals surface area contributed by atoms with E-state index in [1.807, 2.05) is 18.2 Å². The minimum absolute atomic E-state index is 0.0331. The van der Waals surface area contributed by atoms with Crippen molar-refractivity contribution in [2.45, 2.75) is 73.0 Å². The maximum atomic E-state index is 14.6. The molecular formula is C38H47FN4O5S. The molecule has 4 aliphatic rings. The molecule has 3 atom stereocenters. The van der Waals surface area contributed by atoms with E-state index in [9.17, 15) is 27.7 Å². The van der Waals surface area contributed by atoms with Crippen LogP contribution in [0.2, 0.25) is 0 Å². The Balaban J connectivity index is 1.03. The minimum Gasteiger partial charge on any atom is -0.469 e. The topological polar surface area (TPSA) is 120 Å². The van der Waals surface area contributed by atoms with Gasteiger partial charge in [-0.2, -0.15) is 5.26 Å². The van der Waals surface area contributed by atoms with Gasteiger partial charge in [-0.05, 0) is 117 Å². The van der Waals surface area contributed by atoms with Crippen LogP contribution in [0.4, 0.5) is 10.1 Å². The number of piperidine rings is 1. The number of benzene rings is 2. The highest BCUT2D eigenvalue weighted by Crippen LogP contribution is 2.53. The molecule has 1 N–H and O–H groups in total. The molecule has 2 saturated carbocycles. The zero-order chi connectivity index (χ0) is 34.8. The molecule has 2 heterocycles. The van der Waals surface area contributed by atoms with Crippen molar-refractivity contribution in [3.05, 3.63) is 72.6 Å². The van der Waals surface area contributed by atoms with E-state index < -0.39 is 20.5 Å². The summed E-state index contributed by atoms with van der Waals surface area (Å²) in [6, 6.07) is 16.3. The number of amides is 1. The third-order valence-corrected chi connectivity index (χ3v) is 13.9. The molecule has 2 aliphatic carbocycles. The number of hydrogen-bond acceptors (Lipinski definition) is 8. The summed E-state index contributed by atoms with van der Waals surface area (Å²) in [7, 11) is -2.05. The number of esters is 1. The second kappa shape index (κ2) is 14.6. The molecule has 262 valence electrons. The zero-order valence-corrected chi connectivity index (χ0v) is 29.0. The molecule has 9 nitrogen and oxygen atoms in total. The van der Waals surface area contributed by atoms with Crippen molar-refractivity contribution in [1.82, 2.24) is 10.2 Å². The number of sulfone groups is 1. The molecule has 6 rings (SSSR count). The van der Waals surface area contributed by atoms with Gasteiger partial charge in [-0.3, -0.25) is 9.59 Å². The van der Waals surface area contributed by atoms with Gasteiger partial charge in [0.25, 0.3) is 0 Å². The standard InChI is InChI=1S/C38H47FN4O5S/c1-3-36(44)41-31-20-34(21-31)49(46,47)33-12-10-32(11-13-33)43-23-26(24-43)22-42-16-14-28(15-17-42)38(25-40,29-7-5-8-30(39)19-29)35-9-4-6-27(35)18-37(45)48-2/h3,5,7-8,10-13,19,26-28,31,34-35H,1,4,6,9,14-18,20-24H2,2H3,(H,41,44)/t27-,31?,34?,35+,38+/m1/s1. The van der Waals surface area contributed by atoms with Crippen molar-refractivity contribution in [3.63, 3.8) is 0 Å². The largest absolute Gasteiger partial charge is 0.469 e. The van der Waals surface area contributed by atoms with Crippen molar-refractivity contribution in [2.24, 2.45) is 23.7 Å². The number of hydrogen-bond donors (Lipinski definition) is 1. The summed E-state index contributed by atoms with van der Waals surface area (Å²) in [5.74, 6) is -0.337. The molecular weight excluding hydrogens is 644 g/mol. The Morgan fingerprint density at radius 2 is 1.82 bits per heavy atom. The van der Waals surface area contributed by atoms with Gasteiger partial charge in [-0.25, -0.2) is 12.8 Å². The number of carbonyl (C=O) groups excluding carboxylic acids is 2. The highest BCUT2D eigenvalue weighted by atomic mass is 32.2. The van der Waals surface area contributed by atoms with E-state index in [1.165, 1.54) is 25.3 Å². The smallest absolute Gasteiger partial charge is 0.305 e. The number of nitriles is 1. The Labute approximate surface area is 289 Å². The fourth-order valence-corrected chi connectivity index (χ4v) is 10.9. The lowest BCUT2D eigenvalue weighted by Gasteiger charge is -2.48. The van der Waals surface area contributed by atoms with Crippen LogP contribution < -0.4 is 10.2 Å². The number of halogens is 1. The van der Waals surface area contributed by atoms with Crippen LogP contribution in [0.25, 0.3) is 0 Å². The summed E-state index contributed by atoms with van der Waals surface area (Å²) in [5.41, 5.74) is 0.876. The summed E-state index contributed by atoms with van der Waals surface area (Å²) >= 11 is 0. The van der Waals surface area contributed by atoms with Gasteiger partial charge in [0.05, 0.1) is 28.7 Å². The number of ether oxygens (including phenoxy) is 1. The second-order valence-corrected chi connectivity index (χ2v) is 16.7. The van der Waals surface area contributed by atoms with Gasteiger partial charge in [0.1, 0.15) is 5.82 Å². The molecule has 2 saturated heterocycles. The number of likely N-dealkylation sites (tertiary alicyclic amines) is 1. The SMILES string of the molecule is C=CC(=O)NC1CC(S(=O)(=O)c2ccc(N3CC(CN4CCC([C@@](C#N)(c5cccc(F)c5)[C@H]5CCC[C@@H]5CC(=O)OC)CC4)C3)cc2)C1. The van der Waals surface area contributed by atoms with Gasteiger partial charge in [0.15, 0.2) is 9.84 Å². The van der Waals surface area contributed by atoms with Gasteiger partial charge in [-0.15, -0.1) is 0 Å². The third-order valence-electron chi connectivity index (χ3n) is 11.7. The highest BCUT2D eigenvalue weighted by molar-refractivity contribution is 7.92. The van der Waals surface area contributed by atoms with E-state index in [0.717, 1.165) is 76.1 Å². The number of rotatable bonds is 12. The molecule has 0 aromatic heterocycles. The Kier molecular flexibility index (Phi) is 10.5. The van der Waals surface area contributed by atoms with Crippen LogP contribution in [0, 0.1) is 40.8 Å². The van der Waals surface area contributed by atoms with Gasteiger partial charge < -0.3 is 19.9 Å². The van der Waals surface area contributed by atoms with Gasteiger partial charge in [-0.1, -0.05) is 25.1 Å². The summed E-state index contributed by atoms with van der Waals surface area (Å²) < 4.78 is 45.8. The maximum Gasteiger partial charge on any atom is 0.305 e. The average Bonchev–Trinajstić information content (AvgIpc) is 3.53. The second-order valence-electron chi connectivity index (χ2n) is 14.5. The molecule has 1 amide bonds. The molecule has 11 heteroatoms. The van der Waals surface area contributed by atoms with Crippen LogP contribution in [0.3, 0.4) is 0 Å². The Hall–Kier alpha value is -3.75. The zero-order valence-electron chi connectivity index (χ0n) is 28.2. The summed E-state index contributed by atoms with van der Waals surface area (Å²) in [4.78, 5) is 28.9. The van der Waals surface area contributed by atoms with Crippen molar-refractivity contribution in [3.8, 4) is 6.07 Å². The molecule has 2 aromatic rings. The monoisotopic (exact) mass is 690 g/mol. The number of methoxy groups -OCH3 is 1. The van der Waals surface area contributed by atoms with Crippen LogP contribution in [-0.2, 0) is 29.6 Å². The van der Waals surface area contributed by atoms with E-state index in [-0.39, 0.29) is 47.9 Å². The molecule has 0 unspecified atom stereocenters. The van der Waals surface area contributed by atoms with Crippen LogP contribution >= 0.6 is 0 Å². The summed E-state index contributed by atoms with van der Waals surface area (Å²) in [6.45, 7) is 7.89.